The summed E-state index contributed by atoms with van der Waals surface area (Å²) < 4.78 is 5.82. The van der Waals surface area contributed by atoms with Crippen molar-refractivity contribution in [2.24, 2.45) is 0 Å². The summed E-state index contributed by atoms with van der Waals surface area (Å²) in [6.45, 7) is 5.85. The number of ether oxygens (including phenoxy) is 1. The first-order valence-electron chi connectivity index (χ1n) is 6.00. The second kappa shape index (κ2) is 4.00. The molecule has 88 valence electrons. The fraction of sp³-hybridized carbons (Fsp3) is 0.357. The fourth-order valence-corrected chi connectivity index (χ4v) is 2.19. The van der Waals surface area contributed by atoms with Gasteiger partial charge >= 0.3 is 0 Å². The molecule has 1 unspecified atom stereocenters. The van der Waals surface area contributed by atoms with E-state index in [-0.39, 0.29) is 6.10 Å². The highest BCUT2D eigenvalue weighted by Gasteiger charge is 2.15. The molecule has 17 heavy (non-hydrogen) atoms. The molecule has 0 radical (unpaired) electrons. The van der Waals surface area contributed by atoms with Crippen LogP contribution in [0, 0.1) is 6.92 Å². The Morgan fingerprint density at radius 2 is 2.24 bits per heavy atom. The van der Waals surface area contributed by atoms with Gasteiger partial charge in [-0.1, -0.05) is 11.6 Å². The number of aromatic nitrogens is 1. The smallest absolute Gasteiger partial charge is 0.218 e. The zero-order valence-corrected chi connectivity index (χ0v) is 10.2. The monoisotopic (exact) mass is 228 g/mol. The van der Waals surface area contributed by atoms with Gasteiger partial charge in [0.15, 0.2) is 0 Å². The second-order valence-electron chi connectivity index (χ2n) is 4.71. The Hall–Kier alpha value is -1.61. The third-order valence-corrected chi connectivity index (χ3v) is 3.07. The first-order valence-corrected chi connectivity index (χ1v) is 6.00. The lowest BCUT2D eigenvalue weighted by molar-refractivity contribution is 0.218. The van der Waals surface area contributed by atoms with Gasteiger partial charge in [-0.05, 0) is 32.0 Å². The van der Waals surface area contributed by atoms with Crippen LogP contribution in [0.4, 0.5) is 0 Å². The molecule has 0 saturated heterocycles. The summed E-state index contributed by atoms with van der Waals surface area (Å²) in [4.78, 5) is 4.61. The molecule has 2 aromatic rings. The highest BCUT2D eigenvalue weighted by molar-refractivity contribution is 5.80. The summed E-state index contributed by atoms with van der Waals surface area (Å²) >= 11 is 0. The van der Waals surface area contributed by atoms with Gasteiger partial charge < -0.3 is 10.1 Å². The van der Waals surface area contributed by atoms with Crippen LogP contribution in [0.25, 0.3) is 10.9 Å². The van der Waals surface area contributed by atoms with Crippen LogP contribution in [0.3, 0.4) is 0 Å². The number of rotatable bonds is 0. The Morgan fingerprint density at radius 1 is 1.35 bits per heavy atom. The minimum atomic E-state index is 0.173. The normalized spacial score (nSPS) is 19.5. The van der Waals surface area contributed by atoms with Gasteiger partial charge in [0.05, 0.1) is 5.52 Å². The Balaban J connectivity index is 2.16. The van der Waals surface area contributed by atoms with E-state index in [4.69, 9.17) is 4.74 Å². The van der Waals surface area contributed by atoms with Crippen LogP contribution < -0.4 is 10.1 Å². The Kier molecular flexibility index (Phi) is 2.48. The van der Waals surface area contributed by atoms with Crippen LogP contribution >= 0.6 is 0 Å². The number of nitrogens with one attached hydrogen (secondary N) is 1. The van der Waals surface area contributed by atoms with Crippen molar-refractivity contribution in [3.63, 3.8) is 0 Å². The number of hydrogen-bond acceptors (Lipinski definition) is 3. The maximum Gasteiger partial charge on any atom is 0.218 e. The average molecular weight is 228 g/mol. The van der Waals surface area contributed by atoms with Gasteiger partial charge in [-0.2, -0.15) is 0 Å². The SMILES string of the molecule is Cc1ccc2nc3c(cc2c1)CNCC(C)O3. The molecule has 1 N–H and O–H groups in total. The number of nitrogens with zero attached hydrogens (tertiary/aromatic N) is 1. The molecule has 1 atom stereocenters. The van der Waals surface area contributed by atoms with Gasteiger partial charge in [-0.3, -0.25) is 0 Å². The summed E-state index contributed by atoms with van der Waals surface area (Å²) in [6, 6.07) is 8.48. The van der Waals surface area contributed by atoms with Crippen LogP contribution in [0.15, 0.2) is 24.3 Å². The van der Waals surface area contributed by atoms with Crippen molar-refractivity contribution in [1.29, 1.82) is 0 Å². The topological polar surface area (TPSA) is 34.2 Å². The number of hydrogen-bond donors (Lipinski definition) is 1. The summed E-state index contributed by atoms with van der Waals surface area (Å²) in [5.74, 6) is 0.777. The molecule has 0 saturated carbocycles. The molecule has 3 heteroatoms. The molecule has 0 spiro atoms. The standard InChI is InChI=1S/C14H16N2O/c1-9-3-4-13-11(5-9)6-12-8-15-7-10(2)17-14(12)16-13/h3-6,10,15H,7-8H2,1-2H3. The van der Waals surface area contributed by atoms with Crippen molar-refractivity contribution in [3.8, 4) is 5.88 Å². The second-order valence-corrected chi connectivity index (χ2v) is 4.71. The first-order chi connectivity index (χ1) is 8.22. The predicted octanol–water partition coefficient (Wildman–Crippen LogP) is 2.41. The lowest BCUT2D eigenvalue weighted by Crippen LogP contribution is -2.25. The summed E-state index contributed by atoms with van der Waals surface area (Å²) in [5, 5.41) is 4.55. The maximum atomic E-state index is 5.82. The maximum absolute atomic E-state index is 5.82. The lowest BCUT2D eigenvalue weighted by atomic mass is 10.1. The van der Waals surface area contributed by atoms with Crippen molar-refractivity contribution in [3.05, 3.63) is 35.4 Å². The van der Waals surface area contributed by atoms with Crippen LogP contribution in [0.2, 0.25) is 0 Å². The Morgan fingerprint density at radius 3 is 3.12 bits per heavy atom. The highest BCUT2D eigenvalue weighted by atomic mass is 16.5. The first kappa shape index (κ1) is 10.5. The molecule has 1 aliphatic heterocycles. The lowest BCUT2D eigenvalue weighted by Gasteiger charge is -2.11. The average Bonchev–Trinajstić information content (AvgIpc) is 2.46. The third kappa shape index (κ3) is 1.98. The molecular weight excluding hydrogens is 212 g/mol. The highest BCUT2D eigenvalue weighted by Crippen LogP contribution is 2.25. The zero-order valence-electron chi connectivity index (χ0n) is 10.2. The number of fused-ring (bicyclic) bond motifs is 2. The molecule has 1 aliphatic rings. The Bertz CT molecular complexity index is 565. The van der Waals surface area contributed by atoms with Gasteiger partial charge in [0.1, 0.15) is 6.10 Å². The molecule has 0 fully saturated rings. The molecule has 3 rings (SSSR count). The van der Waals surface area contributed by atoms with E-state index in [0.29, 0.717) is 0 Å². The molecule has 1 aromatic heterocycles. The van der Waals surface area contributed by atoms with Gasteiger partial charge in [-0.25, -0.2) is 4.98 Å². The van der Waals surface area contributed by atoms with Crippen LogP contribution in [0.5, 0.6) is 5.88 Å². The van der Waals surface area contributed by atoms with E-state index in [1.54, 1.807) is 0 Å². The molecule has 0 bridgehead atoms. The van der Waals surface area contributed by atoms with Crippen molar-refractivity contribution >= 4 is 10.9 Å². The predicted molar refractivity (Wildman–Crippen MR) is 68.3 cm³/mol. The quantitative estimate of drug-likeness (QED) is 0.752. The molecule has 1 aromatic carbocycles. The van der Waals surface area contributed by atoms with E-state index in [0.717, 1.165) is 30.0 Å². The molecule has 0 amide bonds. The van der Waals surface area contributed by atoms with Crippen molar-refractivity contribution in [2.45, 2.75) is 26.5 Å². The van der Waals surface area contributed by atoms with Crippen LogP contribution in [-0.4, -0.2) is 17.6 Å². The van der Waals surface area contributed by atoms with E-state index < -0.39 is 0 Å². The minimum absolute atomic E-state index is 0.173. The molecule has 2 heterocycles. The van der Waals surface area contributed by atoms with Crippen molar-refractivity contribution in [2.75, 3.05) is 6.54 Å². The van der Waals surface area contributed by atoms with Gasteiger partial charge in [0.25, 0.3) is 0 Å². The molecule has 3 nitrogen and oxygen atoms in total. The minimum Gasteiger partial charge on any atom is -0.473 e. The third-order valence-electron chi connectivity index (χ3n) is 3.07. The fourth-order valence-electron chi connectivity index (χ4n) is 2.19. The van der Waals surface area contributed by atoms with Gasteiger partial charge in [0, 0.05) is 24.0 Å². The molecular formula is C14H16N2O. The van der Waals surface area contributed by atoms with E-state index in [2.05, 4.69) is 48.4 Å². The van der Waals surface area contributed by atoms with Crippen LogP contribution in [-0.2, 0) is 6.54 Å². The van der Waals surface area contributed by atoms with E-state index in [9.17, 15) is 0 Å². The summed E-state index contributed by atoms with van der Waals surface area (Å²) in [7, 11) is 0. The van der Waals surface area contributed by atoms with E-state index >= 15 is 0 Å². The number of pyridine rings is 1. The number of benzene rings is 1. The zero-order chi connectivity index (χ0) is 11.8. The Labute approximate surface area is 101 Å². The van der Waals surface area contributed by atoms with E-state index in [1.807, 2.05) is 0 Å². The summed E-state index contributed by atoms with van der Waals surface area (Å²) in [6.07, 6.45) is 0.173. The van der Waals surface area contributed by atoms with Gasteiger partial charge in [0.2, 0.25) is 5.88 Å². The van der Waals surface area contributed by atoms with Crippen molar-refractivity contribution in [1.82, 2.24) is 10.3 Å². The van der Waals surface area contributed by atoms with Gasteiger partial charge in [-0.15, -0.1) is 0 Å². The number of aryl methyl sites for hydroxylation is 1. The van der Waals surface area contributed by atoms with E-state index in [1.165, 1.54) is 10.9 Å². The van der Waals surface area contributed by atoms with Crippen molar-refractivity contribution < 1.29 is 4.74 Å². The van der Waals surface area contributed by atoms with Crippen LogP contribution in [0.1, 0.15) is 18.1 Å². The molecule has 0 aliphatic carbocycles. The largest absolute Gasteiger partial charge is 0.473 e. The summed E-state index contributed by atoms with van der Waals surface area (Å²) in [5.41, 5.74) is 3.41.